The number of rotatable bonds is 2. The van der Waals surface area contributed by atoms with E-state index in [0.29, 0.717) is 21.3 Å². The molecule has 0 aliphatic rings. The third-order valence-corrected chi connectivity index (χ3v) is 4.22. The highest BCUT2D eigenvalue weighted by atomic mass is 35.5. The van der Waals surface area contributed by atoms with Crippen molar-refractivity contribution in [1.82, 2.24) is 9.97 Å². The zero-order chi connectivity index (χ0) is 17.3. The topological polar surface area (TPSA) is 102 Å². The SMILES string of the molecule is N#Cc1c(N)nc(N)nc1-c1ccccc1-c1ccc(Cl)c(Cl)c1. The molecule has 0 amide bonds. The molecule has 0 fully saturated rings. The third kappa shape index (κ3) is 2.85. The molecule has 5 nitrogen and oxygen atoms in total. The number of nitrogen functional groups attached to an aromatic ring is 2. The lowest BCUT2D eigenvalue weighted by atomic mass is 9.95. The molecule has 3 aromatic rings. The Hall–Kier alpha value is -2.81. The van der Waals surface area contributed by atoms with Gasteiger partial charge >= 0.3 is 0 Å². The van der Waals surface area contributed by atoms with E-state index >= 15 is 0 Å². The first-order chi connectivity index (χ1) is 11.5. The molecule has 0 unspecified atom stereocenters. The van der Waals surface area contributed by atoms with Crippen LogP contribution in [0.4, 0.5) is 11.8 Å². The first kappa shape index (κ1) is 16.1. The zero-order valence-electron chi connectivity index (χ0n) is 12.3. The fourth-order valence-corrected chi connectivity index (χ4v) is 2.70. The first-order valence-corrected chi connectivity index (χ1v) is 7.64. The van der Waals surface area contributed by atoms with Gasteiger partial charge in [0.15, 0.2) is 0 Å². The minimum Gasteiger partial charge on any atom is -0.382 e. The Labute approximate surface area is 148 Å². The molecular formula is C17H11Cl2N5. The van der Waals surface area contributed by atoms with E-state index in [1.807, 2.05) is 36.4 Å². The summed E-state index contributed by atoms with van der Waals surface area (Å²) in [6.45, 7) is 0. The summed E-state index contributed by atoms with van der Waals surface area (Å²) in [5, 5.41) is 10.3. The number of hydrogen-bond acceptors (Lipinski definition) is 5. The molecule has 7 heteroatoms. The summed E-state index contributed by atoms with van der Waals surface area (Å²) in [5.41, 5.74) is 14.4. The molecule has 1 aromatic heterocycles. The van der Waals surface area contributed by atoms with Crippen LogP contribution < -0.4 is 11.5 Å². The van der Waals surface area contributed by atoms with E-state index in [4.69, 9.17) is 34.7 Å². The van der Waals surface area contributed by atoms with Gasteiger partial charge in [0.1, 0.15) is 17.5 Å². The van der Waals surface area contributed by atoms with Gasteiger partial charge in [-0.25, -0.2) is 4.98 Å². The molecule has 118 valence electrons. The quantitative estimate of drug-likeness (QED) is 0.718. The van der Waals surface area contributed by atoms with Crippen molar-refractivity contribution < 1.29 is 0 Å². The normalized spacial score (nSPS) is 10.4. The molecule has 0 atom stereocenters. The van der Waals surface area contributed by atoms with Crippen molar-refractivity contribution in [3.8, 4) is 28.5 Å². The second-order valence-corrected chi connectivity index (χ2v) is 5.79. The number of halogens is 2. The second kappa shape index (κ2) is 6.36. The maximum atomic E-state index is 9.40. The summed E-state index contributed by atoms with van der Waals surface area (Å²) in [5.74, 6) is 0.0504. The molecule has 4 N–H and O–H groups in total. The van der Waals surface area contributed by atoms with Crippen LogP contribution >= 0.6 is 23.2 Å². The van der Waals surface area contributed by atoms with Gasteiger partial charge in [0, 0.05) is 5.56 Å². The Kier molecular flexibility index (Phi) is 4.26. The Balaban J connectivity index is 2.29. The number of nitrogens with zero attached hydrogens (tertiary/aromatic N) is 3. The molecule has 0 bridgehead atoms. The predicted octanol–water partition coefficient (Wildman–Crippen LogP) is 4.15. The van der Waals surface area contributed by atoms with Crippen LogP contribution in [-0.2, 0) is 0 Å². The first-order valence-electron chi connectivity index (χ1n) is 6.89. The fraction of sp³-hybridized carbons (Fsp3) is 0. The molecule has 0 aliphatic carbocycles. The van der Waals surface area contributed by atoms with Crippen LogP contribution in [0.15, 0.2) is 42.5 Å². The molecule has 2 aromatic carbocycles. The maximum Gasteiger partial charge on any atom is 0.222 e. The monoisotopic (exact) mass is 355 g/mol. The molecule has 1 heterocycles. The molecule has 0 aliphatic heterocycles. The average molecular weight is 356 g/mol. The molecule has 0 spiro atoms. The van der Waals surface area contributed by atoms with E-state index in [1.54, 1.807) is 12.1 Å². The summed E-state index contributed by atoms with van der Waals surface area (Å²) in [6, 6.07) is 14.8. The van der Waals surface area contributed by atoms with E-state index < -0.39 is 0 Å². The number of anilines is 2. The van der Waals surface area contributed by atoms with Gasteiger partial charge in [-0.05, 0) is 23.3 Å². The number of nitrogens with two attached hydrogens (primary N) is 2. The van der Waals surface area contributed by atoms with Gasteiger partial charge in [0.2, 0.25) is 5.95 Å². The minimum atomic E-state index is 0.00504. The Morgan fingerprint density at radius 2 is 1.62 bits per heavy atom. The smallest absolute Gasteiger partial charge is 0.222 e. The lowest BCUT2D eigenvalue weighted by Gasteiger charge is -2.12. The van der Waals surface area contributed by atoms with Crippen LogP contribution in [0.3, 0.4) is 0 Å². The van der Waals surface area contributed by atoms with Gasteiger partial charge < -0.3 is 11.5 Å². The molecule has 3 rings (SSSR count). The Morgan fingerprint density at radius 3 is 2.29 bits per heavy atom. The largest absolute Gasteiger partial charge is 0.382 e. The highest BCUT2D eigenvalue weighted by Gasteiger charge is 2.17. The summed E-state index contributed by atoms with van der Waals surface area (Å²) < 4.78 is 0. The van der Waals surface area contributed by atoms with Gasteiger partial charge in [-0.1, -0.05) is 53.5 Å². The minimum absolute atomic E-state index is 0.00504. The lowest BCUT2D eigenvalue weighted by Crippen LogP contribution is -2.05. The van der Waals surface area contributed by atoms with Gasteiger partial charge in [-0.3, -0.25) is 0 Å². The van der Waals surface area contributed by atoms with Crippen LogP contribution in [0.5, 0.6) is 0 Å². The third-order valence-electron chi connectivity index (χ3n) is 3.48. The summed E-state index contributed by atoms with van der Waals surface area (Å²) in [7, 11) is 0. The van der Waals surface area contributed by atoms with E-state index in [-0.39, 0.29) is 17.3 Å². The van der Waals surface area contributed by atoms with Crippen molar-refractivity contribution in [2.75, 3.05) is 11.5 Å². The lowest BCUT2D eigenvalue weighted by molar-refractivity contribution is 1.18. The highest BCUT2D eigenvalue weighted by Crippen LogP contribution is 2.36. The van der Waals surface area contributed by atoms with Gasteiger partial charge in [0.05, 0.1) is 15.7 Å². The Bertz CT molecular complexity index is 979. The zero-order valence-corrected chi connectivity index (χ0v) is 13.8. The Morgan fingerprint density at radius 1 is 0.917 bits per heavy atom. The average Bonchev–Trinajstić information content (AvgIpc) is 2.57. The van der Waals surface area contributed by atoms with Crippen LogP contribution in [0.25, 0.3) is 22.4 Å². The summed E-state index contributed by atoms with van der Waals surface area (Å²) >= 11 is 12.1. The number of benzene rings is 2. The predicted molar refractivity (Wildman–Crippen MR) is 96.5 cm³/mol. The van der Waals surface area contributed by atoms with Gasteiger partial charge in [-0.15, -0.1) is 0 Å². The maximum absolute atomic E-state index is 9.40. The van der Waals surface area contributed by atoms with Crippen LogP contribution in [0.1, 0.15) is 5.56 Å². The number of aromatic nitrogens is 2. The summed E-state index contributed by atoms with van der Waals surface area (Å²) in [6.07, 6.45) is 0. The van der Waals surface area contributed by atoms with Crippen LogP contribution in [0.2, 0.25) is 10.0 Å². The van der Waals surface area contributed by atoms with Crippen LogP contribution in [0, 0.1) is 11.3 Å². The molecular weight excluding hydrogens is 345 g/mol. The number of hydrogen-bond donors (Lipinski definition) is 2. The van der Waals surface area contributed by atoms with Crippen LogP contribution in [-0.4, -0.2) is 9.97 Å². The number of nitriles is 1. The summed E-state index contributed by atoms with van der Waals surface area (Å²) in [4.78, 5) is 8.05. The van der Waals surface area contributed by atoms with Crippen molar-refractivity contribution in [3.05, 3.63) is 58.1 Å². The van der Waals surface area contributed by atoms with Crippen molar-refractivity contribution in [3.63, 3.8) is 0 Å². The molecule has 0 radical (unpaired) electrons. The van der Waals surface area contributed by atoms with Crippen molar-refractivity contribution in [2.24, 2.45) is 0 Å². The van der Waals surface area contributed by atoms with Gasteiger partial charge in [-0.2, -0.15) is 10.2 Å². The molecule has 0 saturated carbocycles. The second-order valence-electron chi connectivity index (χ2n) is 4.98. The van der Waals surface area contributed by atoms with Crippen molar-refractivity contribution in [2.45, 2.75) is 0 Å². The highest BCUT2D eigenvalue weighted by molar-refractivity contribution is 6.42. The van der Waals surface area contributed by atoms with Crippen molar-refractivity contribution in [1.29, 1.82) is 5.26 Å². The van der Waals surface area contributed by atoms with E-state index in [2.05, 4.69) is 9.97 Å². The fourth-order valence-electron chi connectivity index (χ4n) is 2.41. The van der Waals surface area contributed by atoms with E-state index in [0.717, 1.165) is 11.1 Å². The molecule has 24 heavy (non-hydrogen) atoms. The molecule has 0 saturated heterocycles. The van der Waals surface area contributed by atoms with Gasteiger partial charge in [0.25, 0.3) is 0 Å². The van der Waals surface area contributed by atoms with E-state index in [9.17, 15) is 5.26 Å². The van der Waals surface area contributed by atoms with E-state index in [1.165, 1.54) is 0 Å². The van der Waals surface area contributed by atoms with Crippen molar-refractivity contribution >= 4 is 35.0 Å². The standard InChI is InChI=1S/C17H11Cl2N5/c18-13-6-5-9(7-14(13)19)10-3-1-2-4-11(10)15-12(8-20)16(21)24-17(22)23-15/h1-7H,(H4,21,22,23,24).